The molecule has 2 heteroatoms. The molecule has 0 amide bonds. The van der Waals surface area contributed by atoms with Gasteiger partial charge in [0.25, 0.3) is 0 Å². The molecule has 2 nitrogen and oxygen atoms in total. The van der Waals surface area contributed by atoms with Crippen LogP contribution in [0.2, 0.25) is 0 Å². The van der Waals surface area contributed by atoms with Gasteiger partial charge in [-0.15, -0.1) is 0 Å². The highest BCUT2D eigenvalue weighted by Gasteiger charge is 2.13. The fourth-order valence-electron chi connectivity index (χ4n) is 1.72. The fraction of sp³-hybridized carbons (Fsp3) is 0.200. The van der Waals surface area contributed by atoms with E-state index in [2.05, 4.69) is 22.1 Å². The molecule has 58 valence electrons. The van der Waals surface area contributed by atoms with Gasteiger partial charge in [-0.05, 0) is 23.3 Å². The number of rotatable bonds is 0. The topological polar surface area (TPSA) is 24.7 Å². The van der Waals surface area contributed by atoms with Crippen molar-refractivity contribution in [1.82, 2.24) is 0 Å². The zero-order valence-corrected chi connectivity index (χ0v) is 6.62. The van der Waals surface area contributed by atoms with Crippen molar-refractivity contribution in [3.8, 4) is 0 Å². The first-order chi connectivity index (χ1) is 5.93. The Bertz CT molecular complexity index is 363. The van der Waals surface area contributed by atoms with Gasteiger partial charge in [0.2, 0.25) is 0 Å². The minimum atomic E-state index is 0.970. The second-order valence-electron chi connectivity index (χ2n) is 3.14. The summed E-state index contributed by atoms with van der Waals surface area (Å²) >= 11 is 0. The third-order valence-electron chi connectivity index (χ3n) is 2.36. The Morgan fingerprint density at radius 1 is 0.833 bits per heavy atom. The number of aliphatic imine (C=N–C) groups is 2. The third kappa shape index (κ3) is 0.694. The largest absolute Gasteiger partial charge is 0.261 e. The number of fused-ring (bicyclic) bond motifs is 2. The first-order valence-electron chi connectivity index (χ1n) is 4.14. The van der Waals surface area contributed by atoms with E-state index in [-0.39, 0.29) is 0 Å². The highest BCUT2D eigenvalue weighted by Crippen LogP contribution is 2.34. The number of hydrogen-bond acceptors (Lipinski definition) is 2. The van der Waals surface area contributed by atoms with E-state index in [9.17, 15) is 0 Å². The summed E-state index contributed by atoms with van der Waals surface area (Å²) in [6.45, 7) is 0. The second kappa shape index (κ2) is 2.03. The molecule has 2 heterocycles. The molecule has 12 heavy (non-hydrogen) atoms. The summed E-state index contributed by atoms with van der Waals surface area (Å²) in [5.74, 6) is 0. The van der Waals surface area contributed by atoms with E-state index in [0.717, 1.165) is 24.2 Å². The van der Waals surface area contributed by atoms with Gasteiger partial charge in [0.05, 0.1) is 11.4 Å². The van der Waals surface area contributed by atoms with Crippen LogP contribution in [0.1, 0.15) is 11.1 Å². The van der Waals surface area contributed by atoms with E-state index < -0.39 is 0 Å². The zero-order chi connectivity index (χ0) is 7.97. The summed E-state index contributed by atoms with van der Waals surface area (Å²) in [7, 11) is 0. The molecule has 3 rings (SSSR count). The van der Waals surface area contributed by atoms with Crippen molar-refractivity contribution in [1.29, 1.82) is 0 Å². The molecular weight excluding hydrogens is 148 g/mol. The van der Waals surface area contributed by atoms with Crippen LogP contribution in [0.25, 0.3) is 0 Å². The lowest BCUT2D eigenvalue weighted by Gasteiger charge is -2.00. The van der Waals surface area contributed by atoms with Gasteiger partial charge in [0.15, 0.2) is 0 Å². The highest BCUT2D eigenvalue weighted by atomic mass is 14.8. The van der Waals surface area contributed by atoms with Crippen LogP contribution < -0.4 is 0 Å². The van der Waals surface area contributed by atoms with Gasteiger partial charge < -0.3 is 0 Å². The van der Waals surface area contributed by atoms with Gasteiger partial charge in [-0.1, -0.05) is 0 Å². The average Bonchev–Trinajstić information content (AvgIpc) is 2.64. The van der Waals surface area contributed by atoms with E-state index in [4.69, 9.17) is 0 Å². The van der Waals surface area contributed by atoms with Crippen LogP contribution in [-0.4, -0.2) is 12.4 Å². The highest BCUT2D eigenvalue weighted by molar-refractivity contribution is 5.83. The van der Waals surface area contributed by atoms with Gasteiger partial charge in [-0.25, -0.2) is 0 Å². The molecule has 2 aliphatic heterocycles. The van der Waals surface area contributed by atoms with Crippen molar-refractivity contribution < 1.29 is 0 Å². The first kappa shape index (κ1) is 6.12. The van der Waals surface area contributed by atoms with Crippen LogP contribution in [0.5, 0.6) is 0 Å². The minimum absolute atomic E-state index is 0.970. The van der Waals surface area contributed by atoms with Crippen LogP contribution in [0.4, 0.5) is 11.4 Å². The van der Waals surface area contributed by atoms with Crippen molar-refractivity contribution in [3.63, 3.8) is 0 Å². The summed E-state index contributed by atoms with van der Waals surface area (Å²) in [4.78, 5) is 8.59. The Labute approximate surface area is 70.7 Å². The quantitative estimate of drug-likeness (QED) is 0.550. The van der Waals surface area contributed by atoms with E-state index in [1.54, 1.807) is 0 Å². The van der Waals surface area contributed by atoms with Gasteiger partial charge >= 0.3 is 0 Å². The number of nitrogens with zero attached hydrogens (tertiary/aromatic N) is 2. The normalized spacial score (nSPS) is 16.7. The van der Waals surface area contributed by atoms with Crippen LogP contribution in [0.3, 0.4) is 0 Å². The average molecular weight is 156 g/mol. The van der Waals surface area contributed by atoms with Gasteiger partial charge in [0.1, 0.15) is 0 Å². The molecule has 0 saturated carbocycles. The monoisotopic (exact) mass is 156 g/mol. The zero-order valence-electron chi connectivity index (χ0n) is 6.62. The van der Waals surface area contributed by atoms with Crippen LogP contribution in [-0.2, 0) is 12.8 Å². The lowest BCUT2D eigenvalue weighted by atomic mass is 10.1. The van der Waals surface area contributed by atoms with Crippen LogP contribution in [0, 0.1) is 0 Å². The number of hydrogen-bond donors (Lipinski definition) is 0. The van der Waals surface area contributed by atoms with Gasteiger partial charge in [0, 0.05) is 25.3 Å². The first-order valence-corrected chi connectivity index (χ1v) is 4.14. The molecule has 0 aliphatic carbocycles. The molecule has 1 aromatic rings. The van der Waals surface area contributed by atoms with Crippen molar-refractivity contribution in [2.24, 2.45) is 9.98 Å². The maximum absolute atomic E-state index is 4.30. The third-order valence-corrected chi connectivity index (χ3v) is 2.36. The molecule has 0 unspecified atom stereocenters. The molecule has 0 N–H and O–H groups in total. The van der Waals surface area contributed by atoms with Crippen molar-refractivity contribution in [2.75, 3.05) is 0 Å². The Kier molecular flexibility index (Phi) is 1.04. The fourth-order valence-corrected chi connectivity index (χ4v) is 1.72. The summed E-state index contributed by atoms with van der Waals surface area (Å²) in [5, 5.41) is 0. The molecule has 0 aromatic heterocycles. The molecule has 0 bridgehead atoms. The van der Waals surface area contributed by atoms with Crippen molar-refractivity contribution >= 4 is 23.8 Å². The van der Waals surface area contributed by atoms with Crippen molar-refractivity contribution in [3.05, 3.63) is 23.3 Å². The Morgan fingerprint density at radius 3 is 1.83 bits per heavy atom. The maximum atomic E-state index is 4.30. The van der Waals surface area contributed by atoms with E-state index in [1.807, 2.05) is 12.4 Å². The molecule has 0 radical (unpaired) electrons. The Balaban J connectivity index is 2.26. The van der Waals surface area contributed by atoms with Crippen LogP contribution >= 0.6 is 0 Å². The molecule has 0 spiro atoms. The number of benzene rings is 1. The predicted octanol–water partition coefficient (Wildman–Crippen LogP) is 2.20. The SMILES string of the molecule is C1=Nc2cc3c(cc2C1)N=CC3. The smallest absolute Gasteiger partial charge is 0.0665 e. The van der Waals surface area contributed by atoms with E-state index in [1.165, 1.54) is 11.1 Å². The standard InChI is InChI=1S/C10H8N2/c1-3-11-9-6-8-2-4-12-10(8)5-7(1)9/h3-6H,1-2H2. The molecule has 1 aromatic carbocycles. The maximum Gasteiger partial charge on any atom is 0.0665 e. The van der Waals surface area contributed by atoms with Crippen molar-refractivity contribution in [2.45, 2.75) is 12.8 Å². The Morgan fingerprint density at radius 2 is 1.33 bits per heavy atom. The lowest BCUT2D eigenvalue weighted by molar-refractivity contribution is 1.34. The second-order valence-corrected chi connectivity index (χ2v) is 3.14. The van der Waals surface area contributed by atoms with E-state index in [0.29, 0.717) is 0 Å². The Hall–Kier alpha value is -1.44. The summed E-state index contributed by atoms with van der Waals surface area (Å²) < 4.78 is 0. The molecule has 0 atom stereocenters. The molecule has 0 fully saturated rings. The lowest BCUT2D eigenvalue weighted by Crippen LogP contribution is -1.82. The summed E-state index contributed by atoms with van der Waals surface area (Å²) in [5.41, 5.74) is 4.90. The van der Waals surface area contributed by atoms with Gasteiger partial charge in [-0.2, -0.15) is 0 Å². The molecular formula is C10H8N2. The summed E-state index contributed by atoms with van der Waals surface area (Å²) in [6.07, 6.45) is 5.86. The molecule has 0 saturated heterocycles. The van der Waals surface area contributed by atoms with Crippen LogP contribution in [0.15, 0.2) is 22.1 Å². The predicted molar refractivity (Wildman–Crippen MR) is 50.2 cm³/mol. The van der Waals surface area contributed by atoms with E-state index >= 15 is 0 Å². The minimum Gasteiger partial charge on any atom is -0.261 e. The van der Waals surface area contributed by atoms with Gasteiger partial charge in [-0.3, -0.25) is 9.98 Å². The summed E-state index contributed by atoms with van der Waals surface area (Å²) in [6, 6.07) is 4.31. The molecule has 2 aliphatic rings.